The number of rotatable bonds is 14. The highest BCUT2D eigenvalue weighted by molar-refractivity contribution is 7.44. The van der Waals surface area contributed by atoms with E-state index in [0.29, 0.717) is 0 Å². The van der Waals surface area contributed by atoms with Crippen LogP contribution < -0.4 is 0 Å². The molecule has 18 heteroatoms. The van der Waals surface area contributed by atoms with Crippen molar-refractivity contribution >= 4 is 8.53 Å². The average Bonchev–Trinajstić information content (AvgIpc) is 2.65. The lowest BCUT2D eigenvalue weighted by Crippen LogP contribution is -2.70. The van der Waals surface area contributed by atoms with Crippen LogP contribution >= 0.6 is 8.53 Å². The highest BCUT2D eigenvalue weighted by Gasteiger charge is 2.90. The number of nitrogens with zero attached hydrogens (tertiary/aromatic N) is 2. The molecule has 4 nitrogen and oxygen atoms in total. The largest absolute Gasteiger partial charge is 0.460 e. The predicted octanol–water partition coefficient (Wildman–Crippen LogP) is 7.41. The van der Waals surface area contributed by atoms with E-state index in [4.69, 9.17) is 14.3 Å². The van der Waals surface area contributed by atoms with Crippen LogP contribution in [0, 0.1) is 11.3 Å². The first-order chi connectivity index (χ1) is 15.4. The Morgan fingerprint density at radius 3 is 1.46 bits per heavy atom. The Morgan fingerprint density at radius 1 is 0.686 bits per heavy atom. The maximum absolute atomic E-state index is 13.9. The minimum absolute atomic E-state index is 0.227. The summed E-state index contributed by atoms with van der Waals surface area (Å²) < 4.78 is 183. The molecule has 0 bridgehead atoms. The van der Waals surface area contributed by atoms with E-state index in [0.717, 1.165) is 0 Å². The lowest BCUT2D eigenvalue weighted by Gasteiger charge is -2.40. The molecule has 0 rings (SSSR count). The standard InChI is InChI=1S/C17H22F13N2O2P/c1-10(2)32(11(3)4)35(33-8-5-7-31)34-9-6-12(18,19)13(20,21)14(22,23)15(24,25)16(26,27)17(28,29)30/h10-11H,5-6,8-9H2,1-4H3. The summed E-state index contributed by atoms with van der Waals surface area (Å²) in [6, 6.07) is 0.805. The number of alkyl halides is 13. The highest BCUT2D eigenvalue weighted by atomic mass is 31.2. The van der Waals surface area contributed by atoms with Gasteiger partial charge in [-0.1, -0.05) is 0 Å². The molecule has 0 saturated carbocycles. The van der Waals surface area contributed by atoms with E-state index in [9.17, 15) is 57.1 Å². The van der Waals surface area contributed by atoms with Crippen molar-refractivity contribution in [3.63, 3.8) is 0 Å². The number of halogens is 13. The minimum atomic E-state index is -7.94. The van der Waals surface area contributed by atoms with Crippen molar-refractivity contribution in [1.29, 1.82) is 5.26 Å². The second kappa shape index (κ2) is 11.5. The fraction of sp³-hybridized carbons (Fsp3) is 0.941. The maximum Gasteiger partial charge on any atom is 0.460 e. The Kier molecular flexibility index (Phi) is 11.2. The molecule has 208 valence electrons. The van der Waals surface area contributed by atoms with Crippen LogP contribution in [0.1, 0.15) is 40.5 Å². The topological polar surface area (TPSA) is 45.5 Å². The molecular weight excluding hydrogens is 542 g/mol. The van der Waals surface area contributed by atoms with Crippen LogP contribution in [0.25, 0.3) is 0 Å². The summed E-state index contributed by atoms with van der Waals surface area (Å²) in [6.07, 6.45) is -10.2. The maximum atomic E-state index is 13.9. The van der Waals surface area contributed by atoms with Gasteiger partial charge in [0.25, 0.3) is 8.53 Å². The van der Waals surface area contributed by atoms with Gasteiger partial charge in [-0.05, 0) is 27.7 Å². The molecule has 0 amide bonds. The van der Waals surface area contributed by atoms with Gasteiger partial charge in [-0.15, -0.1) is 0 Å². The molecule has 1 unspecified atom stereocenters. The summed E-state index contributed by atoms with van der Waals surface area (Å²) in [4.78, 5) is 0. The lowest BCUT2D eigenvalue weighted by atomic mass is 9.93. The van der Waals surface area contributed by atoms with Gasteiger partial charge in [-0.2, -0.15) is 62.3 Å². The van der Waals surface area contributed by atoms with Crippen molar-refractivity contribution in [2.45, 2.75) is 88.4 Å². The first-order valence-electron chi connectivity index (χ1n) is 9.61. The second-order valence-electron chi connectivity index (χ2n) is 7.63. The Labute approximate surface area is 193 Å². The van der Waals surface area contributed by atoms with Gasteiger partial charge >= 0.3 is 35.8 Å². The van der Waals surface area contributed by atoms with E-state index in [2.05, 4.69) is 0 Å². The second-order valence-corrected chi connectivity index (χ2v) is 9.08. The molecule has 1 atom stereocenters. The summed E-state index contributed by atoms with van der Waals surface area (Å²) in [5, 5.41) is 8.54. The zero-order valence-electron chi connectivity index (χ0n) is 18.6. The Balaban J connectivity index is 5.86. The number of hydrogen-bond donors (Lipinski definition) is 0. The van der Waals surface area contributed by atoms with E-state index < -0.39 is 69.4 Å². The van der Waals surface area contributed by atoms with Gasteiger partial charge in [0.15, 0.2) is 0 Å². The molecule has 0 aliphatic rings. The van der Waals surface area contributed by atoms with Crippen LogP contribution in [0.4, 0.5) is 57.1 Å². The summed E-state index contributed by atoms with van der Waals surface area (Å²) in [6.45, 7) is 4.36. The van der Waals surface area contributed by atoms with Gasteiger partial charge in [0.2, 0.25) is 0 Å². The molecule has 0 aromatic rings. The summed E-state index contributed by atoms with van der Waals surface area (Å²) >= 11 is 0. The van der Waals surface area contributed by atoms with Crippen molar-refractivity contribution in [3.05, 3.63) is 0 Å². The number of nitriles is 1. The van der Waals surface area contributed by atoms with Crippen molar-refractivity contribution in [3.8, 4) is 6.07 Å². The monoisotopic (exact) mass is 564 g/mol. The van der Waals surface area contributed by atoms with Crippen LogP contribution in [-0.2, 0) is 9.05 Å². The SMILES string of the molecule is CC(C)N(C(C)C)P(OCCC#N)OCCC(F)(F)C(F)(F)C(F)(F)C(F)(F)C(F)(F)C(F)(F)F. The van der Waals surface area contributed by atoms with Crippen LogP contribution in [-0.4, -0.2) is 65.8 Å². The minimum Gasteiger partial charge on any atom is -0.322 e. The molecule has 0 radical (unpaired) electrons. The van der Waals surface area contributed by atoms with Gasteiger partial charge in [0.1, 0.15) is 0 Å². The third-order valence-corrected chi connectivity index (χ3v) is 6.39. The molecule has 0 aliphatic heterocycles. The average molecular weight is 564 g/mol. The molecule has 0 saturated heterocycles. The van der Waals surface area contributed by atoms with Crippen LogP contribution in [0.15, 0.2) is 0 Å². The van der Waals surface area contributed by atoms with Gasteiger partial charge in [-0.25, -0.2) is 4.67 Å². The normalized spacial score (nSPS) is 15.7. The van der Waals surface area contributed by atoms with Crippen LogP contribution in [0.3, 0.4) is 0 Å². The third kappa shape index (κ3) is 6.81. The quantitative estimate of drug-likeness (QED) is 0.125. The first-order valence-corrected chi connectivity index (χ1v) is 10.7. The van der Waals surface area contributed by atoms with Crippen molar-refractivity contribution in [2.24, 2.45) is 0 Å². The summed E-state index contributed by atoms with van der Waals surface area (Å²) in [5.74, 6) is -37.1. The fourth-order valence-corrected chi connectivity index (χ4v) is 4.11. The Morgan fingerprint density at radius 2 is 1.09 bits per heavy atom. The van der Waals surface area contributed by atoms with Crippen LogP contribution in [0.5, 0.6) is 0 Å². The molecule has 0 heterocycles. The molecule has 0 aliphatic carbocycles. The van der Waals surface area contributed by atoms with Gasteiger partial charge < -0.3 is 9.05 Å². The van der Waals surface area contributed by atoms with Gasteiger partial charge in [-0.3, -0.25) is 0 Å². The molecule has 0 fully saturated rings. The van der Waals surface area contributed by atoms with E-state index in [1.807, 2.05) is 0 Å². The molecule has 0 aromatic carbocycles. The fourth-order valence-electron chi connectivity index (χ4n) is 2.52. The van der Waals surface area contributed by atoms with Gasteiger partial charge in [0, 0.05) is 18.5 Å². The summed E-state index contributed by atoms with van der Waals surface area (Å²) in [7, 11) is -2.39. The van der Waals surface area contributed by atoms with Crippen molar-refractivity contribution < 1.29 is 66.1 Å². The lowest BCUT2D eigenvalue weighted by molar-refractivity contribution is -0.440. The predicted molar refractivity (Wildman–Crippen MR) is 96.6 cm³/mol. The van der Waals surface area contributed by atoms with Gasteiger partial charge in [0.05, 0.1) is 25.7 Å². The molecular formula is C17H22F13N2O2P. The Hall–Kier alpha value is -1.11. The molecule has 0 aromatic heterocycles. The molecule has 0 N–H and O–H groups in total. The smallest absolute Gasteiger partial charge is 0.322 e. The van der Waals surface area contributed by atoms with E-state index in [-0.39, 0.29) is 13.0 Å². The highest BCUT2D eigenvalue weighted by Crippen LogP contribution is 2.60. The van der Waals surface area contributed by atoms with E-state index in [1.165, 1.54) is 4.67 Å². The zero-order valence-corrected chi connectivity index (χ0v) is 19.4. The summed E-state index contributed by atoms with van der Waals surface area (Å²) in [5.41, 5.74) is 0. The third-order valence-electron chi connectivity index (χ3n) is 4.28. The Bertz CT molecular complexity index is 716. The van der Waals surface area contributed by atoms with E-state index in [1.54, 1.807) is 33.8 Å². The van der Waals surface area contributed by atoms with E-state index >= 15 is 0 Å². The van der Waals surface area contributed by atoms with Crippen molar-refractivity contribution in [2.75, 3.05) is 13.2 Å². The van der Waals surface area contributed by atoms with Crippen LogP contribution in [0.2, 0.25) is 0 Å². The first kappa shape index (κ1) is 33.9. The van der Waals surface area contributed by atoms with Crippen molar-refractivity contribution in [1.82, 2.24) is 4.67 Å². The molecule has 35 heavy (non-hydrogen) atoms. The number of hydrogen-bond acceptors (Lipinski definition) is 4. The zero-order chi connectivity index (χ0) is 28.3. The molecule has 0 spiro atoms.